The van der Waals surface area contributed by atoms with E-state index >= 15 is 0 Å². The highest BCUT2D eigenvalue weighted by Gasteiger charge is 2.30. The lowest BCUT2D eigenvalue weighted by Crippen LogP contribution is -2.43. The number of hydrogen-bond acceptors (Lipinski definition) is 9. The molecule has 10 nitrogen and oxygen atoms in total. The molecule has 1 saturated heterocycles. The Kier molecular flexibility index (Phi) is 10.9. The van der Waals surface area contributed by atoms with Gasteiger partial charge in [0, 0.05) is 68.8 Å². The number of halogens is 1. The molecular weight excluding hydrogens is 654 g/mol. The summed E-state index contributed by atoms with van der Waals surface area (Å²) in [5.41, 5.74) is 5.87. The van der Waals surface area contributed by atoms with E-state index in [2.05, 4.69) is 45.3 Å². The smallest absolute Gasteiger partial charge is 0.338 e. The third-order valence-corrected chi connectivity index (χ3v) is 10.9. The van der Waals surface area contributed by atoms with Crippen LogP contribution in [0.3, 0.4) is 0 Å². The van der Waals surface area contributed by atoms with Gasteiger partial charge in [0.2, 0.25) is 0 Å². The molecule has 0 radical (unpaired) electrons. The molecule has 3 aromatic carbocycles. The van der Waals surface area contributed by atoms with Gasteiger partial charge < -0.3 is 24.6 Å². The maximum Gasteiger partial charge on any atom is 0.338 e. The van der Waals surface area contributed by atoms with Gasteiger partial charge in [0.05, 0.1) is 35.9 Å². The molecule has 1 saturated carbocycles. The first kappa shape index (κ1) is 35.2. The minimum atomic E-state index is -0.539. The van der Waals surface area contributed by atoms with Crippen LogP contribution in [-0.2, 0) is 22.6 Å². The molecule has 1 amide bonds. The Morgan fingerprint density at radius 3 is 2.02 bits per heavy atom. The van der Waals surface area contributed by atoms with Crippen LogP contribution in [0.25, 0.3) is 0 Å². The fourth-order valence-corrected chi connectivity index (χ4v) is 7.89. The third kappa shape index (κ3) is 7.74. The van der Waals surface area contributed by atoms with Crippen LogP contribution in [-0.4, -0.2) is 75.7 Å². The molecule has 1 aliphatic carbocycles. The highest BCUT2D eigenvalue weighted by molar-refractivity contribution is 6.32. The molecule has 2 aliphatic heterocycles. The molecule has 0 aromatic heterocycles. The van der Waals surface area contributed by atoms with Gasteiger partial charge in [0.1, 0.15) is 6.07 Å². The monoisotopic (exact) mass is 697 g/mol. The van der Waals surface area contributed by atoms with Crippen molar-refractivity contribution in [3.63, 3.8) is 0 Å². The predicted octanol–water partition coefficient (Wildman–Crippen LogP) is 6.19. The molecule has 2 fully saturated rings. The van der Waals surface area contributed by atoms with E-state index in [1.54, 1.807) is 18.2 Å². The van der Waals surface area contributed by atoms with Crippen molar-refractivity contribution in [2.75, 3.05) is 50.7 Å². The number of nitriles is 1. The molecule has 2 heterocycles. The minimum Gasteiger partial charge on any atom is -0.465 e. The number of carbonyl (C=O) groups is 3. The molecule has 0 unspecified atom stereocenters. The normalized spacial score (nSPS) is 19.3. The number of nitrogens with zero attached hydrogens (tertiary/aromatic N) is 4. The first-order chi connectivity index (χ1) is 24.2. The van der Waals surface area contributed by atoms with Crippen LogP contribution in [0.1, 0.15) is 86.3 Å². The zero-order valence-electron chi connectivity index (χ0n) is 28.9. The average molecular weight is 698 g/mol. The summed E-state index contributed by atoms with van der Waals surface area (Å²) in [6.45, 7) is 4.31. The molecular formula is C39H44ClN5O5. The number of piperidine rings is 1. The number of anilines is 2. The summed E-state index contributed by atoms with van der Waals surface area (Å²) in [6.07, 6.45) is 5.86. The van der Waals surface area contributed by atoms with Crippen molar-refractivity contribution >= 4 is 40.8 Å². The predicted molar refractivity (Wildman–Crippen MR) is 193 cm³/mol. The van der Waals surface area contributed by atoms with Gasteiger partial charge in [0.15, 0.2) is 0 Å². The summed E-state index contributed by atoms with van der Waals surface area (Å²) in [4.78, 5) is 44.8. The van der Waals surface area contributed by atoms with Crippen molar-refractivity contribution in [3.8, 4) is 6.07 Å². The van der Waals surface area contributed by atoms with Crippen molar-refractivity contribution in [2.45, 2.75) is 63.7 Å². The van der Waals surface area contributed by atoms with Crippen LogP contribution < -0.4 is 15.1 Å². The standard InChI is InChI=1S/C39H44ClN5O5/c1-43(33-11-6-27(21-41)36(40)20-33)31-12-7-30(8-13-31)42-37(46)26-4-9-32(10-5-26)45-16-14-25(15-17-45)22-44-23-28-18-34(38(47)49-2)35(39(48)50-3)19-29(28)24-44/h4-6,9-11,18-20,25,30-31H,7-8,12-17,22-24H2,1-3H3,(H,42,46). The SMILES string of the molecule is COC(=O)c1cc2c(cc1C(=O)OC)CN(CC1CCN(c3ccc(C(=O)NC4CCC(N(C)c5ccc(C#N)c(Cl)c5)CC4)cc3)CC1)C2. The zero-order valence-corrected chi connectivity index (χ0v) is 29.7. The highest BCUT2D eigenvalue weighted by Crippen LogP contribution is 2.32. The Hall–Kier alpha value is -4.59. The molecule has 50 heavy (non-hydrogen) atoms. The van der Waals surface area contributed by atoms with Crippen LogP contribution in [0.15, 0.2) is 54.6 Å². The second-order valence-corrected chi connectivity index (χ2v) is 14.1. The van der Waals surface area contributed by atoms with Crippen molar-refractivity contribution in [2.24, 2.45) is 5.92 Å². The molecule has 11 heteroatoms. The molecule has 0 atom stereocenters. The van der Waals surface area contributed by atoms with Gasteiger partial charge in [-0.3, -0.25) is 9.69 Å². The van der Waals surface area contributed by atoms with Crippen LogP contribution in [0.5, 0.6) is 0 Å². The van der Waals surface area contributed by atoms with Crippen LogP contribution >= 0.6 is 11.6 Å². The van der Waals surface area contributed by atoms with Crippen molar-refractivity contribution in [1.29, 1.82) is 5.26 Å². The number of methoxy groups -OCH3 is 2. The van der Waals surface area contributed by atoms with Gasteiger partial charge in [0.25, 0.3) is 5.91 Å². The van der Waals surface area contributed by atoms with Crippen molar-refractivity contribution in [1.82, 2.24) is 10.2 Å². The molecule has 3 aliphatic rings. The number of rotatable bonds is 9. The van der Waals surface area contributed by atoms with E-state index in [0.29, 0.717) is 28.1 Å². The first-order valence-electron chi connectivity index (χ1n) is 17.3. The Morgan fingerprint density at radius 1 is 0.880 bits per heavy atom. The van der Waals surface area contributed by atoms with E-state index in [1.807, 2.05) is 24.3 Å². The van der Waals surface area contributed by atoms with E-state index in [9.17, 15) is 14.4 Å². The van der Waals surface area contributed by atoms with Gasteiger partial charge in [-0.15, -0.1) is 0 Å². The lowest BCUT2D eigenvalue weighted by atomic mass is 9.90. The zero-order chi connectivity index (χ0) is 35.4. The molecule has 3 aromatic rings. The Bertz CT molecular complexity index is 1730. The number of nitrogens with one attached hydrogen (secondary N) is 1. The molecule has 6 rings (SSSR count). The topological polar surface area (TPSA) is 115 Å². The number of amides is 1. The van der Waals surface area contributed by atoms with Gasteiger partial charge in [-0.2, -0.15) is 5.26 Å². The number of fused-ring (bicyclic) bond motifs is 1. The summed E-state index contributed by atoms with van der Waals surface area (Å²) in [5, 5.41) is 12.9. The Labute approximate surface area is 298 Å². The summed E-state index contributed by atoms with van der Waals surface area (Å²) >= 11 is 6.26. The van der Waals surface area contributed by atoms with Crippen molar-refractivity contribution in [3.05, 3.63) is 93.0 Å². The fourth-order valence-electron chi connectivity index (χ4n) is 7.67. The Balaban J connectivity index is 0.951. The highest BCUT2D eigenvalue weighted by atomic mass is 35.5. The number of hydrogen-bond donors (Lipinski definition) is 1. The van der Waals surface area contributed by atoms with Gasteiger partial charge in [-0.25, -0.2) is 9.59 Å². The maximum atomic E-state index is 13.1. The Morgan fingerprint density at radius 2 is 1.48 bits per heavy atom. The molecule has 0 bridgehead atoms. The van der Waals surface area contributed by atoms with Crippen molar-refractivity contribution < 1.29 is 23.9 Å². The summed E-state index contributed by atoms with van der Waals surface area (Å²) < 4.78 is 9.82. The van der Waals surface area contributed by atoms with Crippen LogP contribution in [0, 0.1) is 17.2 Å². The van der Waals surface area contributed by atoms with Gasteiger partial charge in [-0.05, 0) is 110 Å². The molecule has 0 spiro atoms. The summed E-state index contributed by atoms with van der Waals surface area (Å²) in [7, 11) is 4.69. The second kappa shape index (κ2) is 15.5. The lowest BCUT2D eigenvalue weighted by molar-refractivity contribution is 0.0555. The van der Waals surface area contributed by atoms with E-state index in [1.165, 1.54) is 14.2 Å². The van der Waals surface area contributed by atoms with E-state index in [4.69, 9.17) is 26.3 Å². The molecule has 1 N–H and O–H groups in total. The van der Waals surface area contributed by atoms with Crippen LogP contribution in [0.4, 0.5) is 11.4 Å². The van der Waals surface area contributed by atoms with Gasteiger partial charge >= 0.3 is 11.9 Å². The number of ether oxygens (including phenoxy) is 2. The van der Waals surface area contributed by atoms with E-state index < -0.39 is 11.9 Å². The molecule has 262 valence electrons. The van der Waals surface area contributed by atoms with Gasteiger partial charge in [-0.1, -0.05) is 11.6 Å². The number of carbonyl (C=O) groups excluding carboxylic acids is 3. The van der Waals surface area contributed by atoms with E-state index in [-0.39, 0.29) is 23.1 Å². The quantitative estimate of drug-likeness (QED) is 0.261. The third-order valence-electron chi connectivity index (χ3n) is 10.6. The summed E-state index contributed by atoms with van der Waals surface area (Å²) in [6, 6.07) is 19.7. The lowest BCUT2D eigenvalue weighted by Gasteiger charge is -2.36. The minimum absolute atomic E-state index is 0.0324. The first-order valence-corrected chi connectivity index (χ1v) is 17.7. The fraction of sp³-hybridized carbons (Fsp3) is 0.436. The second-order valence-electron chi connectivity index (χ2n) is 13.7. The number of esters is 2. The average Bonchev–Trinajstić information content (AvgIpc) is 3.55. The van der Waals surface area contributed by atoms with Crippen LogP contribution in [0.2, 0.25) is 5.02 Å². The largest absolute Gasteiger partial charge is 0.465 e. The number of benzene rings is 3. The van der Waals surface area contributed by atoms with E-state index in [0.717, 1.165) is 93.8 Å². The maximum absolute atomic E-state index is 13.1. The summed E-state index contributed by atoms with van der Waals surface area (Å²) in [5.74, 6) is -0.566.